The van der Waals surface area contributed by atoms with E-state index in [2.05, 4.69) is 9.88 Å². The molecule has 19 heavy (non-hydrogen) atoms. The molecule has 3 rings (SSSR count). The first kappa shape index (κ1) is 12.2. The minimum atomic E-state index is 0.151. The van der Waals surface area contributed by atoms with Crippen molar-refractivity contribution in [1.82, 2.24) is 4.98 Å². The van der Waals surface area contributed by atoms with Gasteiger partial charge in [0, 0.05) is 24.2 Å². The fraction of sp³-hybridized carbons (Fsp3) is 0.400. The van der Waals surface area contributed by atoms with E-state index in [1.165, 1.54) is 12.8 Å². The van der Waals surface area contributed by atoms with Crippen LogP contribution in [0.25, 0.3) is 10.8 Å². The number of aliphatic hydroxyl groups excluding tert-OH is 1. The van der Waals surface area contributed by atoms with E-state index in [0.717, 1.165) is 22.3 Å². The average molecular weight is 258 g/mol. The number of fused-ring (bicyclic) bond motifs is 1. The molecule has 4 nitrogen and oxygen atoms in total. The van der Waals surface area contributed by atoms with Crippen molar-refractivity contribution in [3.05, 3.63) is 30.5 Å². The van der Waals surface area contributed by atoms with Crippen molar-refractivity contribution in [3.63, 3.8) is 0 Å². The van der Waals surface area contributed by atoms with Crippen LogP contribution in [0.3, 0.4) is 0 Å². The Morgan fingerprint density at radius 2 is 2.21 bits per heavy atom. The molecule has 0 aliphatic heterocycles. The fourth-order valence-electron chi connectivity index (χ4n) is 2.44. The fourth-order valence-corrected chi connectivity index (χ4v) is 2.44. The van der Waals surface area contributed by atoms with Crippen molar-refractivity contribution in [1.29, 1.82) is 0 Å². The third-order valence-electron chi connectivity index (χ3n) is 3.55. The summed E-state index contributed by atoms with van der Waals surface area (Å²) in [6.45, 7) is 0.784. The molecule has 0 unspecified atom stereocenters. The normalized spacial score (nSPS) is 14.6. The Morgan fingerprint density at radius 3 is 2.89 bits per heavy atom. The molecule has 0 amide bonds. The summed E-state index contributed by atoms with van der Waals surface area (Å²) in [4.78, 5) is 6.73. The number of rotatable bonds is 5. The maximum atomic E-state index is 9.25. The van der Waals surface area contributed by atoms with E-state index in [4.69, 9.17) is 4.74 Å². The number of methoxy groups -OCH3 is 1. The molecule has 100 valence electrons. The highest BCUT2D eigenvalue weighted by Gasteiger charge is 2.30. The second-order valence-corrected chi connectivity index (χ2v) is 4.87. The second kappa shape index (κ2) is 5.05. The summed E-state index contributed by atoms with van der Waals surface area (Å²) < 4.78 is 5.30. The van der Waals surface area contributed by atoms with Gasteiger partial charge in [-0.15, -0.1) is 0 Å². The van der Waals surface area contributed by atoms with Gasteiger partial charge in [-0.05, 0) is 36.4 Å². The predicted molar refractivity (Wildman–Crippen MR) is 75.7 cm³/mol. The van der Waals surface area contributed by atoms with Gasteiger partial charge in [-0.25, -0.2) is 4.98 Å². The summed E-state index contributed by atoms with van der Waals surface area (Å²) in [5.74, 6) is 1.79. The van der Waals surface area contributed by atoms with Crippen LogP contribution in [0.2, 0.25) is 0 Å². The molecular weight excluding hydrogens is 240 g/mol. The highest BCUT2D eigenvalue weighted by molar-refractivity contribution is 5.93. The summed E-state index contributed by atoms with van der Waals surface area (Å²) in [6.07, 6.45) is 4.20. The molecule has 1 aromatic heterocycles. The second-order valence-electron chi connectivity index (χ2n) is 4.87. The lowest BCUT2D eigenvalue weighted by molar-refractivity contribution is 0.301. The number of aromatic nitrogens is 1. The molecule has 4 heteroatoms. The van der Waals surface area contributed by atoms with Gasteiger partial charge in [0.25, 0.3) is 0 Å². The Labute approximate surface area is 112 Å². The molecule has 0 bridgehead atoms. The van der Waals surface area contributed by atoms with Gasteiger partial charge in [-0.2, -0.15) is 0 Å². The zero-order valence-corrected chi connectivity index (χ0v) is 11.0. The van der Waals surface area contributed by atoms with Gasteiger partial charge in [-0.3, -0.25) is 0 Å². The number of anilines is 1. The van der Waals surface area contributed by atoms with Gasteiger partial charge in [0.15, 0.2) is 0 Å². The molecule has 2 aromatic rings. The van der Waals surface area contributed by atoms with Crippen LogP contribution in [0.4, 0.5) is 5.82 Å². The number of aliphatic hydroxyl groups is 1. The highest BCUT2D eigenvalue weighted by Crippen LogP contribution is 2.35. The lowest BCUT2D eigenvalue weighted by atomic mass is 10.1. The zero-order chi connectivity index (χ0) is 13.2. The topological polar surface area (TPSA) is 45.6 Å². The van der Waals surface area contributed by atoms with Crippen LogP contribution in [-0.2, 0) is 0 Å². The number of hydrogen-bond acceptors (Lipinski definition) is 4. The minimum Gasteiger partial charge on any atom is -0.497 e. The molecule has 1 saturated carbocycles. The van der Waals surface area contributed by atoms with E-state index in [1.54, 1.807) is 7.11 Å². The Kier molecular flexibility index (Phi) is 3.25. The third-order valence-corrected chi connectivity index (χ3v) is 3.55. The van der Waals surface area contributed by atoms with Gasteiger partial charge < -0.3 is 14.7 Å². The van der Waals surface area contributed by atoms with Crippen LogP contribution in [0.1, 0.15) is 12.8 Å². The first-order valence-corrected chi connectivity index (χ1v) is 6.63. The summed E-state index contributed by atoms with van der Waals surface area (Å²) in [5, 5.41) is 11.5. The largest absolute Gasteiger partial charge is 0.497 e. The molecule has 1 heterocycles. The maximum absolute atomic E-state index is 9.25. The Balaban J connectivity index is 2.10. The standard InChI is InChI=1S/C15H18N2O2/c1-19-13-5-2-11-6-7-16-15(14(11)10-13)17(8-9-18)12-3-4-12/h2,5-7,10,12,18H,3-4,8-9H2,1H3. The molecule has 1 aliphatic rings. The Morgan fingerprint density at radius 1 is 1.37 bits per heavy atom. The third kappa shape index (κ3) is 2.36. The van der Waals surface area contributed by atoms with Gasteiger partial charge in [0.2, 0.25) is 0 Å². The van der Waals surface area contributed by atoms with Crippen LogP contribution in [0.15, 0.2) is 30.5 Å². The highest BCUT2D eigenvalue weighted by atomic mass is 16.5. The molecule has 0 radical (unpaired) electrons. The lowest BCUT2D eigenvalue weighted by Crippen LogP contribution is -2.29. The maximum Gasteiger partial charge on any atom is 0.136 e. The van der Waals surface area contributed by atoms with Gasteiger partial charge in [0.1, 0.15) is 11.6 Å². The van der Waals surface area contributed by atoms with Crippen LogP contribution >= 0.6 is 0 Å². The molecule has 1 N–H and O–H groups in total. The van der Waals surface area contributed by atoms with Crippen molar-refractivity contribution in [2.45, 2.75) is 18.9 Å². The number of ether oxygens (including phenoxy) is 1. The number of benzene rings is 1. The van der Waals surface area contributed by atoms with Gasteiger partial charge >= 0.3 is 0 Å². The molecule has 0 saturated heterocycles. The van der Waals surface area contributed by atoms with Crippen molar-refractivity contribution < 1.29 is 9.84 Å². The van der Waals surface area contributed by atoms with E-state index in [0.29, 0.717) is 12.6 Å². The predicted octanol–water partition coefficient (Wildman–Crippen LogP) is 2.20. The van der Waals surface area contributed by atoms with E-state index in [1.807, 2.05) is 30.5 Å². The van der Waals surface area contributed by atoms with Crippen molar-refractivity contribution in [2.75, 3.05) is 25.2 Å². The first-order valence-electron chi connectivity index (χ1n) is 6.63. The number of pyridine rings is 1. The van der Waals surface area contributed by atoms with E-state index < -0.39 is 0 Å². The molecule has 1 fully saturated rings. The van der Waals surface area contributed by atoms with E-state index in [-0.39, 0.29) is 6.61 Å². The summed E-state index contributed by atoms with van der Waals surface area (Å²) >= 11 is 0. The van der Waals surface area contributed by atoms with Crippen LogP contribution in [-0.4, -0.2) is 36.4 Å². The van der Waals surface area contributed by atoms with Crippen molar-refractivity contribution >= 4 is 16.6 Å². The molecule has 0 atom stereocenters. The Bertz CT molecular complexity index is 581. The van der Waals surface area contributed by atoms with Crippen LogP contribution < -0.4 is 9.64 Å². The molecule has 0 spiro atoms. The quantitative estimate of drug-likeness (QED) is 0.893. The van der Waals surface area contributed by atoms with Crippen molar-refractivity contribution in [2.24, 2.45) is 0 Å². The summed E-state index contributed by atoms with van der Waals surface area (Å²) in [5.41, 5.74) is 0. The lowest BCUT2D eigenvalue weighted by Gasteiger charge is -2.24. The van der Waals surface area contributed by atoms with E-state index in [9.17, 15) is 5.11 Å². The number of nitrogens with zero attached hydrogens (tertiary/aromatic N) is 2. The van der Waals surface area contributed by atoms with Crippen LogP contribution in [0.5, 0.6) is 5.75 Å². The summed E-state index contributed by atoms with van der Waals surface area (Å²) in [6, 6.07) is 8.55. The zero-order valence-electron chi connectivity index (χ0n) is 11.0. The Hall–Kier alpha value is -1.81. The molecule has 1 aliphatic carbocycles. The minimum absolute atomic E-state index is 0.151. The molecular formula is C15H18N2O2. The van der Waals surface area contributed by atoms with Crippen molar-refractivity contribution in [3.8, 4) is 5.75 Å². The summed E-state index contributed by atoms with van der Waals surface area (Å²) in [7, 11) is 1.67. The average Bonchev–Trinajstić information content (AvgIpc) is 3.28. The monoisotopic (exact) mass is 258 g/mol. The SMILES string of the molecule is COc1ccc2ccnc(N(CCO)C3CC3)c2c1. The molecule has 1 aromatic carbocycles. The first-order chi connectivity index (χ1) is 9.33. The smallest absolute Gasteiger partial charge is 0.136 e. The van der Waals surface area contributed by atoms with Crippen LogP contribution in [0, 0.1) is 0 Å². The van der Waals surface area contributed by atoms with Gasteiger partial charge in [0.05, 0.1) is 13.7 Å². The number of hydrogen-bond donors (Lipinski definition) is 1. The van der Waals surface area contributed by atoms with E-state index >= 15 is 0 Å². The van der Waals surface area contributed by atoms with Gasteiger partial charge in [-0.1, -0.05) is 6.07 Å².